The summed E-state index contributed by atoms with van der Waals surface area (Å²) < 4.78 is 5.27. The van der Waals surface area contributed by atoms with Crippen molar-refractivity contribution < 1.29 is 9.53 Å². The summed E-state index contributed by atoms with van der Waals surface area (Å²) in [4.78, 5) is 29.1. The van der Waals surface area contributed by atoms with E-state index in [1.165, 1.54) is 5.56 Å². The lowest BCUT2D eigenvalue weighted by atomic mass is 10.1. The van der Waals surface area contributed by atoms with Crippen molar-refractivity contribution >= 4 is 23.4 Å². The molecule has 38 heavy (non-hydrogen) atoms. The van der Waals surface area contributed by atoms with E-state index < -0.39 is 0 Å². The Morgan fingerprint density at radius 1 is 1.03 bits per heavy atom. The third-order valence-corrected chi connectivity index (χ3v) is 6.43. The normalized spacial score (nSPS) is 14.2. The standard InChI is InChI=1S/C29H31N7O2/c1-3-30-26-16-21-8-4-5-10-25(21)36(26)29-34-19-24(28(37)33-18-22-9-6-7-15-31-22)27(35-29)32-17-20-11-13-23(38-2)14-12-20/h4-15,19,26,30H,3,16-18H2,1-2H3,(H,33,37)(H,32,34,35). The fraction of sp³-hybridized carbons (Fsp3) is 0.241. The van der Waals surface area contributed by atoms with Gasteiger partial charge in [0.2, 0.25) is 5.95 Å². The van der Waals surface area contributed by atoms with Crippen molar-refractivity contribution in [1.29, 1.82) is 0 Å². The second-order valence-corrected chi connectivity index (χ2v) is 8.91. The maximum Gasteiger partial charge on any atom is 0.256 e. The van der Waals surface area contributed by atoms with Crippen LogP contribution in [0, 0.1) is 0 Å². The summed E-state index contributed by atoms with van der Waals surface area (Å²) in [6.45, 7) is 3.68. The number of carbonyl (C=O) groups excluding carboxylic acids is 1. The number of nitrogens with zero attached hydrogens (tertiary/aromatic N) is 4. The van der Waals surface area contributed by atoms with Crippen molar-refractivity contribution in [3.8, 4) is 5.75 Å². The third-order valence-electron chi connectivity index (χ3n) is 6.43. The number of fused-ring (bicyclic) bond motifs is 1. The Labute approximate surface area is 222 Å². The number of likely N-dealkylation sites (N-methyl/N-ethyl adjacent to an activating group) is 1. The first-order valence-electron chi connectivity index (χ1n) is 12.7. The van der Waals surface area contributed by atoms with Crippen LogP contribution < -0.4 is 25.6 Å². The van der Waals surface area contributed by atoms with E-state index in [-0.39, 0.29) is 12.1 Å². The molecule has 5 rings (SSSR count). The fourth-order valence-corrected chi connectivity index (χ4v) is 4.52. The second kappa shape index (κ2) is 11.7. The largest absolute Gasteiger partial charge is 0.497 e. The summed E-state index contributed by atoms with van der Waals surface area (Å²) in [7, 11) is 1.64. The third kappa shape index (κ3) is 5.57. The molecule has 3 heterocycles. The Kier molecular flexibility index (Phi) is 7.75. The van der Waals surface area contributed by atoms with Crippen LogP contribution in [-0.2, 0) is 19.5 Å². The maximum absolute atomic E-state index is 13.2. The molecule has 0 saturated heterocycles. The molecule has 0 saturated carbocycles. The van der Waals surface area contributed by atoms with E-state index in [9.17, 15) is 4.79 Å². The van der Waals surface area contributed by atoms with E-state index in [1.54, 1.807) is 19.5 Å². The maximum atomic E-state index is 13.2. The number of nitrogens with one attached hydrogen (secondary N) is 3. The minimum atomic E-state index is -0.274. The van der Waals surface area contributed by atoms with Crippen molar-refractivity contribution in [3.63, 3.8) is 0 Å². The number of amides is 1. The molecule has 1 aliphatic heterocycles. The number of pyridine rings is 1. The van der Waals surface area contributed by atoms with Crippen LogP contribution >= 0.6 is 0 Å². The first-order chi connectivity index (χ1) is 18.7. The first kappa shape index (κ1) is 25.2. The topological polar surface area (TPSA) is 104 Å². The van der Waals surface area contributed by atoms with Crippen molar-refractivity contribution in [2.75, 3.05) is 23.9 Å². The number of ether oxygens (including phenoxy) is 1. The van der Waals surface area contributed by atoms with Gasteiger partial charge in [-0.3, -0.25) is 20.0 Å². The van der Waals surface area contributed by atoms with Gasteiger partial charge < -0.3 is 15.4 Å². The number of methoxy groups -OCH3 is 1. The molecule has 0 spiro atoms. The molecule has 1 unspecified atom stereocenters. The average Bonchev–Trinajstić information content (AvgIpc) is 3.33. The molecule has 3 N–H and O–H groups in total. The molecular formula is C29H31N7O2. The van der Waals surface area contributed by atoms with Gasteiger partial charge in [0.25, 0.3) is 5.91 Å². The number of carbonyl (C=O) groups is 1. The molecule has 2 aromatic carbocycles. The molecule has 194 valence electrons. The smallest absolute Gasteiger partial charge is 0.256 e. The predicted octanol–water partition coefficient (Wildman–Crippen LogP) is 4.05. The van der Waals surface area contributed by atoms with Crippen LogP contribution in [0.2, 0.25) is 0 Å². The van der Waals surface area contributed by atoms with Gasteiger partial charge in [0.05, 0.1) is 25.5 Å². The Morgan fingerprint density at radius 2 is 1.84 bits per heavy atom. The molecule has 0 fully saturated rings. The Hall–Kier alpha value is -4.50. The highest BCUT2D eigenvalue weighted by Gasteiger charge is 2.32. The fourth-order valence-electron chi connectivity index (χ4n) is 4.52. The molecule has 4 aromatic rings. The molecule has 1 aliphatic rings. The molecule has 0 radical (unpaired) electrons. The lowest BCUT2D eigenvalue weighted by molar-refractivity contribution is 0.0950. The van der Waals surface area contributed by atoms with Crippen LogP contribution in [-0.4, -0.2) is 40.7 Å². The summed E-state index contributed by atoms with van der Waals surface area (Å²) in [5, 5.41) is 9.84. The number of hydrogen-bond donors (Lipinski definition) is 3. The van der Waals surface area contributed by atoms with Crippen LogP contribution in [0.4, 0.5) is 17.5 Å². The number of benzene rings is 2. The zero-order chi connectivity index (χ0) is 26.3. The number of para-hydroxylation sites is 1. The molecule has 0 aliphatic carbocycles. The minimum Gasteiger partial charge on any atom is -0.497 e. The molecule has 9 heteroatoms. The minimum absolute atomic E-state index is 0.0238. The zero-order valence-corrected chi connectivity index (χ0v) is 21.5. The van der Waals surface area contributed by atoms with E-state index in [4.69, 9.17) is 9.72 Å². The van der Waals surface area contributed by atoms with Crippen molar-refractivity contribution in [1.82, 2.24) is 25.6 Å². The predicted molar refractivity (Wildman–Crippen MR) is 148 cm³/mol. The molecule has 1 amide bonds. The van der Waals surface area contributed by atoms with Crippen LogP contribution in [0.5, 0.6) is 5.75 Å². The molecule has 2 aromatic heterocycles. The Balaban J connectivity index is 1.44. The van der Waals surface area contributed by atoms with E-state index >= 15 is 0 Å². The van der Waals surface area contributed by atoms with E-state index in [1.807, 2.05) is 54.6 Å². The summed E-state index contributed by atoms with van der Waals surface area (Å²) >= 11 is 0. The van der Waals surface area contributed by atoms with Crippen molar-refractivity contribution in [3.05, 3.63) is 102 Å². The number of hydrogen-bond acceptors (Lipinski definition) is 8. The Bertz CT molecular complexity index is 1380. The van der Waals surface area contributed by atoms with Gasteiger partial charge in [0.1, 0.15) is 17.1 Å². The van der Waals surface area contributed by atoms with Gasteiger partial charge in [-0.2, -0.15) is 4.98 Å². The van der Waals surface area contributed by atoms with Gasteiger partial charge in [-0.15, -0.1) is 0 Å². The van der Waals surface area contributed by atoms with Gasteiger partial charge in [-0.25, -0.2) is 4.98 Å². The van der Waals surface area contributed by atoms with Gasteiger partial charge in [-0.1, -0.05) is 43.3 Å². The number of rotatable bonds is 10. The van der Waals surface area contributed by atoms with Gasteiger partial charge in [0, 0.05) is 31.0 Å². The van der Waals surface area contributed by atoms with Crippen LogP contribution in [0.25, 0.3) is 0 Å². The zero-order valence-electron chi connectivity index (χ0n) is 21.5. The van der Waals surface area contributed by atoms with E-state index in [2.05, 4.69) is 49.9 Å². The SMILES string of the molecule is CCNC1Cc2ccccc2N1c1ncc(C(=O)NCc2ccccn2)c(NCc2ccc(OC)cc2)n1. The lowest BCUT2D eigenvalue weighted by Crippen LogP contribution is -2.41. The van der Waals surface area contributed by atoms with Crippen LogP contribution in [0.1, 0.15) is 34.1 Å². The van der Waals surface area contributed by atoms with Crippen LogP contribution in [0.3, 0.4) is 0 Å². The molecule has 0 bridgehead atoms. The monoisotopic (exact) mass is 509 g/mol. The van der Waals surface area contributed by atoms with Crippen molar-refractivity contribution in [2.24, 2.45) is 0 Å². The average molecular weight is 510 g/mol. The van der Waals surface area contributed by atoms with Gasteiger partial charge in [-0.05, 0) is 48.0 Å². The molecule has 1 atom stereocenters. The summed E-state index contributed by atoms with van der Waals surface area (Å²) in [6.07, 6.45) is 4.16. The summed E-state index contributed by atoms with van der Waals surface area (Å²) in [5.74, 6) is 1.50. The van der Waals surface area contributed by atoms with Gasteiger partial charge >= 0.3 is 0 Å². The number of aromatic nitrogens is 3. The number of anilines is 3. The molecular weight excluding hydrogens is 478 g/mol. The quantitative estimate of drug-likeness (QED) is 0.294. The second-order valence-electron chi connectivity index (χ2n) is 8.91. The highest BCUT2D eigenvalue weighted by atomic mass is 16.5. The highest BCUT2D eigenvalue weighted by Crippen LogP contribution is 2.36. The highest BCUT2D eigenvalue weighted by molar-refractivity contribution is 5.98. The van der Waals surface area contributed by atoms with Gasteiger partial charge in [0.15, 0.2) is 0 Å². The molecule has 9 nitrogen and oxygen atoms in total. The van der Waals surface area contributed by atoms with E-state index in [0.29, 0.717) is 30.4 Å². The van der Waals surface area contributed by atoms with E-state index in [0.717, 1.165) is 35.7 Å². The summed E-state index contributed by atoms with van der Waals surface area (Å²) in [6, 6.07) is 21.6. The Morgan fingerprint density at radius 3 is 2.61 bits per heavy atom. The lowest BCUT2D eigenvalue weighted by Gasteiger charge is -2.26. The summed E-state index contributed by atoms with van der Waals surface area (Å²) in [5.41, 5.74) is 4.46. The first-order valence-corrected chi connectivity index (χ1v) is 12.7. The van der Waals surface area contributed by atoms with Crippen LogP contribution in [0.15, 0.2) is 79.1 Å². The van der Waals surface area contributed by atoms with Crippen molar-refractivity contribution in [2.45, 2.75) is 32.6 Å².